The number of nitrogens with zero attached hydrogens (tertiary/aromatic N) is 3. The molecular formula is C21H22N4O. The van der Waals surface area contributed by atoms with Crippen molar-refractivity contribution in [2.24, 2.45) is 0 Å². The van der Waals surface area contributed by atoms with Crippen LogP contribution in [0.1, 0.15) is 28.8 Å². The van der Waals surface area contributed by atoms with E-state index in [-0.39, 0.29) is 5.91 Å². The summed E-state index contributed by atoms with van der Waals surface area (Å²) in [5.41, 5.74) is 2.41. The Kier molecular flexibility index (Phi) is 5.59. The highest BCUT2D eigenvalue weighted by atomic mass is 16.2. The molecule has 132 valence electrons. The van der Waals surface area contributed by atoms with E-state index in [4.69, 9.17) is 0 Å². The van der Waals surface area contributed by atoms with Gasteiger partial charge in [0.05, 0.1) is 0 Å². The molecular weight excluding hydrogens is 324 g/mol. The summed E-state index contributed by atoms with van der Waals surface area (Å²) in [6.45, 7) is 4.93. The summed E-state index contributed by atoms with van der Waals surface area (Å²) in [5.74, 6) is 1.07. The number of carbonyl (C=O) groups excluding carboxylic acids is 1. The summed E-state index contributed by atoms with van der Waals surface area (Å²) < 4.78 is 0. The minimum Gasteiger partial charge on any atom is -0.340 e. The molecule has 5 nitrogen and oxygen atoms in total. The lowest BCUT2D eigenvalue weighted by Gasteiger charge is -2.21. The van der Waals surface area contributed by atoms with Gasteiger partial charge in [-0.3, -0.25) is 4.79 Å². The number of hydrogen-bond acceptors (Lipinski definition) is 4. The molecule has 0 bridgehead atoms. The quantitative estimate of drug-likeness (QED) is 0.727. The number of amides is 1. The summed E-state index contributed by atoms with van der Waals surface area (Å²) in [4.78, 5) is 23.5. The highest BCUT2D eigenvalue weighted by molar-refractivity contribution is 5.93. The molecule has 0 unspecified atom stereocenters. The van der Waals surface area contributed by atoms with E-state index >= 15 is 0 Å². The topological polar surface area (TPSA) is 58.1 Å². The third-order valence-electron chi connectivity index (χ3n) is 3.99. The Morgan fingerprint density at radius 3 is 2.31 bits per heavy atom. The molecule has 2 aromatic carbocycles. The van der Waals surface area contributed by atoms with Gasteiger partial charge in [0, 0.05) is 24.8 Å². The van der Waals surface area contributed by atoms with Crippen LogP contribution in [0.15, 0.2) is 66.7 Å². The lowest BCUT2D eigenvalue weighted by molar-refractivity contribution is 0.0746. The number of rotatable bonds is 6. The monoisotopic (exact) mass is 346 g/mol. The lowest BCUT2D eigenvalue weighted by atomic mass is 10.2. The molecule has 1 aromatic heterocycles. The molecule has 1 heterocycles. The van der Waals surface area contributed by atoms with Gasteiger partial charge in [-0.05, 0) is 31.5 Å². The molecule has 26 heavy (non-hydrogen) atoms. The normalized spacial score (nSPS) is 10.4. The minimum absolute atomic E-state index is 0.0991. The number of anilines is 2. The van der Waals surface area contributed by atoms with Crippen LogP contribution < -0.4 is 5.32 Å². The van der Waals surface area contributed by atoms with Crippen LogP contribution in [0, 0.1) is 6.92 Å². The van der Waals surface area contributed by atoms with Crippen LogP contribution >= 0.6 is 0 Å². The molecule has 0 radical (unpaired) electrons. The van der Waals surface area contributed by atoms with Gasteiger partial charge in [0.25, 0.3) is 5.91 Å². The predicted octanol–water partition coefficient (Wildman–Crippen LogP) is 4.19. The molecule has 0 spiro atoms. The van der Waals surface area contributed by atoms with Crippen molar-refractivity contribution in [3.63, 3.8) is 0 Å². The van der Waals surface area contributed by atoms with Crippen molar-refractivity contribution >= 4 is 17.4 Å². The molecule has 3 aromatic rings. The molecule has 5 heteroatoms. The second-order valence-corrected chi connectivity index (χ2v) is 5.98. The second kappa shape index (κ2) is 8.25. The Bertz CT molecular complexity index is 866. The summed E-state index contributed by atoms with van der Waals surface area (Å²) in [6.07, 6.45) is 0. The van der Waals surface area contributed by atoms with E-state index in [9.17, 15) is 4.79 Å². The Balaban J connectivity index is 1.81. The first kappa shape index (κ1) is 17.6. The molecule has 0 saturated carbocycles. The van der Waals surface area contributed by atoms with Crippen LogP contribution in [0.2, 0.25) is 0 Å². The zero-order chi connectivity index (χ0) is 18.4. The number of carbonyl (C=O) groups is 1. The molecule has 3 rings (SSSR count). The third-order valence-corrected chi connectivity index (χ3v) is 3.99. The Hall–Kier alpha value is -3.21. The van der Waals surface area contributed by atoms with Crippen LogP contribution in [-0.2, 0) is 6.54 Å². The van der Waals surface area contributed by atoms with Gasteiger partial charge in [-0.1, -0.05) is 48.5 Å². The molecule has 0 fully saturated rings. The maximum absolute atomic E-state index is 12.9. The maximum atomic E-state index is 12.9. The van der Waals surface area contributed by atoms with Gasteiger partial charge in [-0.25, -0.2) is 9.97 Å². The molecule has 1 amide bonds. The van der Waals surface area contributed by atoms with Crippen molar-refractivity contribution in [3.05, 3.63) is 83.8 Å². The molecule has 1 N–H and O–H groups in total. The van der Waals surface area contributed by atoms with Crippen molar-refractivity contribution in [2.75, 3.05) is 11.9 Å². The van der Waals surface area contributed by atoms with Gasteiger partial charge in [-0.15, -0.1) is 0 Å². The van der Waals surface area contributed by atoms with E-state index in [0.29, 0.717) is 30.4 Å². The van der Waals surface area contributed by atoms with Crippen molar-refractivity contribution in [3.8, 4) is 0 Å². The van der Waals surface area contributed by atoms with Gasteiger partial charge >= 0.3 is 0 Å². The van der Waals surface area contributed by atoms with Crippen LogP contribution in [0.5, 0.6) is 0 Å². The maximum Gasteiger partial charge on any atom is 0.272 e. The Labute approximate surface area is 153 Å². The van der Waals surface area contributed by atoms with E-state index < -0.39 is 0 Å². The predicted molar refractivity (Wildman–Crippen MR) is 103 cm³/mol. The minimum atomic E-state index is -0.0991. The van der Waals surface area contributed by atoms with E-state index in [1.165, 1.54) is 0 Å². The highest BCUT2D eigenvalue weighted by Crippen LogP contribution is 2.16. The van der Waals surface area contributed by atoms with Gasteiger partial charge < -0.3 is 10.2 Å². The Morgan fingerprint density at radius 1 is 1.00 bits per heavy atom. The highest BCUT2D eigenvalue weighted by Gasteiger charge is 2.17. The lowest BCUT2D eigenvalue weighted by Crippen LogP contribution is -2.31. The average Bonchev–Trinajstić information content (AvgIpc) is 2.67. The number of benzene rings is 2. The molecule has 0 aliphatic rings. The smallest absolute Gasteiger partial charge is 0.272 e. The number of aryl methyl sites for hydroxylation is 1. The van der Waals surface area contributed by atoms with E-state index in [1.54, 1.807) is 17.9 Å². The standard InChI is InChI=1S/C21H22N4O/c1-3-25(15-17-10-6-4-7-11-17)21(26)19-14-20(23-16(2)22-19)24-18-12-8-5-9-13-18/h4-14H,3,15H2,1-2H3,(H,22,23,24). The van der Waals surface area contributed by atoms with Crippen LogP contribution in [-0.4, -0.2) is 27.3 Å². The molecule has 0 aliphatic carbocycles. The summed E-state index contributed by atoms with van der Waals surface area (Å²) in [7, 11) is 0. The van der Waals surface area contributed by atoms with Gasteiger partial charge in [-0.2, -0.15) is 0 Å². The first-order chi connectivity index (χ1) is 12.7. The van der Waals surface area contributed by atoms with Crippen LogP contribution in [0.3, 0.4) is 0 Å². The zero-order valence-electron chi connectivity index (χ0n) is 15.0. The fourth-order valence-electron chi connectivity index (χ4n) is 2.70. The van der Waals surface area contributed by atoms with Crippen molar-refractivity contribution in [1.82, 2.24) is 14.9 Å². The average molecular weight is 346 g/mol. The van der Waals surface area contributed by atoms with Crippen molar-refractivity contribution in [1.29, 1.82) is 0 Å². The first-order valence-corrected chi connectivity index (χ1v) is 8.66. The fourth-order valence-corrected chi connectivity index (χ4v) is 2.70. The van der Waals surface area contributed by atoms with Gasteiger partial charge in [0.15, 0.2) is 0 Å². The Morgan fingerprint density at radius 2 is 1.65 bits per heavy atom. The van der Waals surface area contributed by atoms with E-state index in [1.807, 2.05) is 67.6 Å². The largest absolute Gasteiger partial charge is 0.340 e. The van der Waals surface area contributed by atoms with Gasteiger partial charge in [0.2, 0.25) is 0 Å². The molecule has 0 aliphatic heterocycles. The summed E-state index contributed by atoms with van der Waals surface area (Å²) in [5, 5.41) is 3.22. The fraction of sp³-hybridized carbons (Fsp3) is 0.190. The third kappa shape index (κ3) is 4.45. The van der Waals surface area contributed by atoms with E-state index in [2.05, 4.69) is 15.3 Å². The van der Waals surface area contributed by atoms with Crippen molar-refractivity contribution < 1.29 is 4.79 Å². The van der Waals surface area contributed by atoms with E-state index in [0.717, 1.165) is 11.3 Å². The summed E-state index contributed by atoms with van der Waals surface area (Å²) >= 11 is 0. The number of hydrogen-bond donors (Lipinski definition) is 1. The zero-order valence-corrected chi connectivity index (χ0v) is 15.0. The number of aromatic nitrogens is 2. The van der Waals surface area contributed by atoms with Gasteiger partial charge in [0.1, 0.15) is 17.3 Å². The van der Waals surface area contributed by atoms with Crippen molar-refractivity contribution in [2.45, 2.75) is 20.4 Å². The molecule has 0 saturated heterocycles. The number of nitrogens with one attached hydrogen (secondary N) is 1. The SMILES string of the molecule is CCN(Cc1ccccc1)C(=O)c1cc(Nc2ccccc2)nc(C)n1. The molecule has 0 atom stereocenters. The second-order valence-electron chi connectivity index (χ2n) is 5.98. The number of para-hydroxylation sites is 1. The van der Waals surface area contributed by atoms with Crippen LogP contribution in [0.4, 0.5) is 11.5 Å². The summed E-state index contributed by atoms with van der Waals surface area (Å²) in [6, 6.07) is 21.4. The van der Waals surface area contributed by atoms with Crippen LogP contribution in [0.25, 0.3) is 0 Å². The first-order valence-electron chi connectivity index (χ1n) is 8.66.